The number of halogens is 1. The van der Waals surface area contributed by atoms with E-state index in [1.807, 2.05) is 0 Å². The minimum absolute atomic E-state index is 0.0635. The normalized spacial score (nSPS) is 23.5. The molecule has 1 aliphatic carbocycles. The number of hydrogen-bond donors (Lipinski definition) is 2. The zero-order valence-electron chi connectivity index (χ0n) is 10.8. The molecule has 1 aromatic carbocycles. The number of anilines is 1. The molecule has 2 atom stereocenters. The van der Waals surface area contributed by atoms with E-state index in [1.165, 1.54) is 6.26 Å². The summed E-state index contributed by atoms with van der Waals surface area (Å²) < 4.78 is 23.5. The van der Waals surface area contributed by atoms with Crippen LogP contribution in [0.2, 0.25) is 5.02 Å². The third kappa shape index (κ3) is 3.41. The molecule has 0 bridgehead atoms. The molecule has 1 aromatic rings. The molecule has 0 radical (unpaired) electrons. The number of rotatable bonds is 4. The van der Waals surface area contributed by atoms with Crippen LogP contribution in [-0.2, 0) is 16.4 Å². The van der Waals surface area contributed by atoms with Gasteiger partial charge in [-0.3, -0.25) is 0 Å². The Morgan fingerprint density at radius 1 is 1.42 bits per heavy atom. The summed E-state index contributed by atoms with van der Waals surface area (Å²) in [5.74, 6) is 0. The lowest BCUT2D eigenvalue weighted by atomic mass is 10.1. The van der Waals surface area contributed by atoms with Crippen molar-refractivity contribution in [2.75, 3.05) is 11.6 Å². The molecule has 1 saturated carbocycles. The van der Waals surface area contributed by atoms with Gasteiger partial charge in [0, 0.05) is 12.3 Å². The Balaban J connectivity index is 2.21. The maximum Gasteiger partial charge on any atom is 0.152 e. The van der Waals surface area contributed by atoms with Crippen LogP contribution in [0, 0.1) is 0 Å². The van der Waals surface area contributed by atoms with Crippen LogP contribution in [0.15, 0.2) is 18.2 Å². The standard InChI is InChI=1S/C13H18ClNO3S/c1-19(17,18)13-4-2-3-11(13)15-12-7-9(8-16)5-6-10(12)14/h5-7,11,13,15-16H,2-4,8H2,1H3. The van der Waals surface area contributed by atoms with Gasteiger partial charge in [-0.2, -0.15) is 0 Å². The number of aliphatic hydroxyl groups is 1. The molecule has 0 heterocycles. The topological polar surface area (TPSA) is 66.4 Å². The quantitative estimate of drug-likeness (QED) is 0.895. The van der Waals surface area contributed by atoms with E-state index in [9.17, 15) is 8.42 Å². The Labute approximate surface area is 118 Å². The van der Waals surface area contributed by atoms with Gasteiger partial charge in [0.25, 0.3) is 0 Å². The lowest BCUT2D eigenvalue weighted by Crippen LogP contribution is -2.34. The van der Waals surface area contributed by atoms with Crippen LogP contribution >= 0.6 is 11.6 Å². The first-order valence-corrected chi connectivity index (χ1v) is 8.60. The number of hydrogen-bond acceptors (Lipinski definition) is 4. The van der Waals surface area contributed by atoms with Crippen molar-refractivity contribution >= 4 is 27.1 Å². The zero-order chi connectivity index (χ0) is 14.0. The molecule has 2 N–H and O–H groups in total. The van der Waals surface area contributed by atoms with Gasteiger partial charge in [-0.05, 0) is 37.0 Å². The van der Waals surface area contributed by atoms with Gasteiger partial charge in [-0.15, -0.1) is 0 Å². The third-order valence-electron chi connectivity index (χ3n) is 3.56. The highest BCUT2D eigenvalue weighted by Gasteiger charge is 2.34. The summed E-state index contributed by atoms with van der Waals surface area (Å²) in [4.78, 5) is 0. The Morgan fingerprint density at radius 2 is 2.16 bits per heavy atom. The van der Waals surface area contributed by atoms with Crippen molar-refractivity contribution in [1.29, 1.82) is 0 Å². The molecule has 6 heteroatoms. The molecule has 0 spiro atoms. The molecule has 19 heavy (non-hydrogen) atoms. The number of benzene rings is 1. The van der Waals surface area contributed by atoms with Gasteiger partial charge in [-0.25, -0.2) is 8.42 Å². The number of aliphatic hydroxyl groups excluding tert-OH is 1. The van der Waals surface area contributed by atoms with Crippen molar-refractivity contribution in [2.24, 2.45) is 0 Å². The Kier molecular flexibility index (Phi) is 4.38. The molecule has 2 unspecified atom stereocenters. The van der Waals surface area contributed by atoms with Crippen LogP contribution in [-0.4, -0.2) is 31.1 Å². The van der Waals surface area contributed by atoms with Gasteiger partial charge in [0.1, 0.15) is 0 Å². The molecule has 4 nitrogen and oxygen atoms in total. The fraction of sp³-hybridized carbons (Fsp3) is 0.538. The summed E-state index contributed by atoms with van der Waals surface area (Å²) in [7, 11) is -3.06. The molecule has 0 saturated heterocycles. The van der Waals surface area contributed by atoms with E-state index < -0.39 is 9.84 Å². The number of sulfone groups is 1. The van der Waals surface area contributed by atoms with Crippen LogP contribution in [0.1, 0.15) is 24.8 Å². The SMILES string of the molecule is CS(=O)(=O)C1CCCC1Nc1cc(CO)ccc1Cl. The molecule has 0 amide bonds. The molecule has 1 aliphatic rings. The Bertz CT molecular complexity index is 559. The fourth-order valence-corrected chi connectivity index (χ4v) is 4.15. The summed E-state index contributed by atoms with van der Waals surface area (Å²) in [6.07, 6.45) is 3.68. The molecule has 0 aliphatic heterocycles. The van der Waals surface area contributed by atoms with Crippen molar-refractivity contribution < 1.29 is 13.5 Å². The predicted octanol–water partition coefficient (Wildman–Crippen LogP) is 2.21. The average Bonchev–Trinajstić information content (AvgIpc) is 2.80. The second kappa shape index (κ2) is 5.69. The zero-order valence-corrected chi connectivity index (χ0v) is 12.3. The highest BCUT2D eigenvalue weighted by molar-refractivity contribution is 7.91. The van der Waals surface area contributed by atoms with Gasteiger partial charge in [-0.1, -0.05) is 17.7 Å². The van der Waals surface area contributed by atoms with Crippen LogP contribution in [0.4, 0.5) is 5.69 Å². The van der Waals surface area contributed by atoms with E-state index in [4.69, 9.17) is 16.7 Å². The van der Waals surface area contributed by atoms with E-state index in [0.29, 0.717) is 17.1 Å². The minimum Gasteiger partial charge on any atom is -0.392 e. The molecule has 2 rings (SSSR count). The molecule has 1 fully saturated rings. The summed E-state index contributed by atoms with van der Waals surface area (Å²) in [5.41, 5.74) is 1.44. The fourth-order valence-electron chi connectivity index (χ4n) is 2.58. The van der Waals surface area contributed by atoms with Gasteiger partial charge in [0.15, 0.2) is 9.84 Å². The largest absolute Gasteiger partial charge is 0.392 e. The smallest absolute Gasteiger partial charge is 0.152 e. The van der Waals surface area contributed by atoms with E-state index >= 15 is 0 Å². The lowest BCUT2D eigenvalue weighted by Gasteiger charge is -2.21. The van der Waals surface area contributed by atoms with E-state index in [-0.39, 0.29) is 17.9 Å². The Hall–Kier alpha value is -0.780. The molecular weight excluding hydrogens is 286 g/mol. The second-order valence-electron chi connectivity index (χ2n) is 5.02. The first-order valence-electron chi connectivity index (χ1n) is 6.26. The van der Waals surface area contributed by atoms with E-state index in [1.54, 1.807) is 18.2 Å². The van der Waals surface area contributed by atoms with Gasteiger partial charge >= 0.3 is 0 Å². The van der Waals surface area contributed by atoms with Crippen molar-refractivity contribution in [3.8, 4) is 0 Å². The predicted molar refractivity (Wildman–Crippen MR) is 77.3 cm³/mol. The summed E-state index contributed by atoms with van der Waals surface area (Å²) in [6.45, 7) is -0.0635. The maximum atomic E-state index is 11.7. The molecular formula is C13H18ClNO3S. The summed E-state index contributed by atoms with van der Waals surface area (Å²) >= 11 is 6.10. The summed E-state index contributed by atoms with van der Waals surface area (Å²) in [6, 6.07) is 5.11. The summed E-state index contributed by atoms with van der Waals surface area (Å²) in [5, 5.41) is 12.5. The average molecular weight is 304 g/mol. The number of nitrogens with one attached hydrogen (secondary N) is 1. The van der Waals surface area contributed by atoms with Gasteiger partial charge < -0.3 is 10.4 Å². The minimum atomic E-state index is -3.06. The van der Waals surface area contributed by atoms with Gasteiger partial charge in [0.2, 0.25) is 0 Å². The first kappa shape index (κ1) is 14.6. The molecule has 106 valence electrons. The highest BCUT2D eigenvalue weighted by atomic mass is 35.5. The van der Waals surface area contributed by atoms with E-state index in [0.717, 1.165) is 18.4 Å². The van der Waals surface area contributed by atoms with Crippen molar-refractivity contribution in [2.45, 2.75) is 37.2 Å². The van der Waals surface area contributed by atoms with Crippen LogP contribution in [0.25, 0.3) is 0 Å². The van der Waals surface area contributed by atoms with Gasteiger partial charge in [0.05, 0.1) is 22.6 Å². The monoisotopic (exact) mass is 303 g/mol. The third-order valence-corrected chi connectivity index (χ3v) is 5.55. The van der Waals surface area contributed by atoms with Crippen molar-refractivity contribution in [3.63, 3.8) is 0 Å². The lowest BCUT2D eigenvalue weighted by molar-refractivity contribution is 0.282. The Morgan fingerprint density at radius 3 is 2.79 bits per heavy atom. The van der Waals surface area contributed by atoms with Crippen LogP contribution in [0.5, 0.6) is 0 Å². The van der Waals surface area contributed by atoms with Crippen LogP contribution in [0.3, 0.4) is 0 Å². The highest BCUT2D eigenvalue weighted by Crippen LogP contribution is 2.31. The maximum absolute atomic E-state index is 11.7. The van der Waals surface area contributed by atoms with Crippen LogP contribution < -0.4 is 5.32 Å². The van der Waals surface area contributed by atoms with E-state index in [2.05, 4.69) is 5.32 Å². The second-order valence-corrected chi connectivity index (χ2v) is 7.69. The van der Waals surface area contributed by atoms with Crippen molar-refractivity contribution in [1.82, 2.24) is 0 Å². The van der Waals surface area contributed by atoms with Crippen molar-refractivity contribution in [3.05, 3.63) is 28.8 Å². The molecule has 0 aromatic heterocycles. The first-order chi connectivity index (χ1) is 8.91.